The van der Waals surface area contributed by atoms with Gasteiger partial charge in [-0.15, -0.1) is 0 Å². The van der Waals surface area contributed by atoms with Crippen molar-refractivity contribution in [1.82, 2.24) is 9.62 Å². The molecule has 1 unspecified atom stereocenters. The molecule has 5 nitrogen and oxygen atoms in total. The molecule has 1 saturated heterocycles. The standard InChI is InChI=1S/C13H22N2O3S/c1-11-13(5-7-18-11)9-15(2)19(16,17)10-12-4-3-6-14-8-12/h5,7,12,14H,3-4,6,8-10H2,1-2H3. The van der Waals surface area contributed by atoms with Crippen molar-refractivity contribution < 1.29 is 12.8 Å². The molecule has 1 aromatic heterocycles. The fraction of sp³-hybridized carbons (Fsp3) is 0.692. The maximum absolute atomic E-state index is 12.3. The Labute approximate surface area is 115 Å². The van der Waals surface area contributed by atoms with Gasteiger partial charge in [-0.25, -0.2) is 12.7 Å². The second kappa shape index (κ2) is 6.07. The molecule has 2 rings (SSSR count). The highest BCUT2D eigenvalue weighted by atomic mass is 32.2. The molecule has 108 valence electrons. The number of nitrogens with one attached hydrogen (secondary N) is 1. The lowest BCUT2D eigenvalue weighted by Gasteiger charge is -2.25. The van der Waals surface area contributed by atoms with E-state index in [9.17, 15) is 8.42 Å². The monoisotopic (exact) mass is 286 g/mol. The first-order valence-corrected chi connectivity index (χ1v) is 8.27. The molecule has 6 heteroatoms. The van der Waals surface area contributed by atoms with E-state index in [1.807, 2.05) is 13.0 Å². The third kappa shape index (κ3) is 3.81. The maximum Gasteiger partial charge on any atom is 0.214 e. The largest absolute Gasteiger partial charge is 0.469 e. The molecule has 1 fully saturated rings. The summed E-state index contributed by atoms with van der Waals surface area (Å²) in [5.41, 5.74) is 0.924. The van der Waals surface area contributed by atoms with E-state index in [-0.39, 0.29) is 11.7 Å². The molecule has 2 heterocycles. The van der Waals surface area contributed by atoms with Crippen molar-refractivity contribution in [2.45, 2.75) is 26.3 Å². The van der Waals surface area contributed by atoms with Gasteiger partial charge in [0.25, 0.3) is 0 Å². The average Bonchev–Trinajstić information content (AvgIpc) is 2.76. The highest BCUT2D eigenvalue weighted by molar-refractivity contribution is 7.89. The van der Waals surface area contributed by atoms with E-state index in [4.69, 9.17) is 4.42 Å². The van der Waals surface area contributed by atoms with Crippen LogP contribution in [0.25, 0.3) is 0 Å². The average molecular weight is 286 g/mol. The van der Waals surface area contributed by atoms with E-state index in [2.05, 4.69) is 5.32 Å². The van der Waals surface area contributed by atoms with Crippen LogP contribution in [0.1, 0.15) is 24.2 Å². The summed E-state index contributed by atoms with van der Waals surface area (Å²) in [6, 6.07) is 1.82. The summed E-state index contributed by atoms with van der Waals surface area (Å²) in [6.07, 6.45) is 3.64. The minimum absolute atomic E-state index is 0.228. The molecule has 0 aliphatic carbocycles. The number of piperidine rings is 1. The van der Waals surface area contributed by atoms with E-state index < -0.39 is 10.0 Å². The smallest absolute Gasteiger partial charge is 0.214 e. The van der Waals surface area contributed by atoms with Gasteiger partial charge >= 0.3 is 0 Å². The van der Waals surface area contributed by atoms with Crippen LogP contribution in [0.4, 0.5) is 0 Å². The quantitative estimate of drug-likeness (QED) is 0.887. The van der Waals surface area contributed by atoms with Crippen molar-refractivity contribution in [3.05, 3.63) is 23.7 Å². The van der Waals surface area contributed by atoms with Crippen LogP contribution in [0.5, 0.6) is 0 Å². The summed E-state index contributed by atoms with van der Waals surface area (Å²) in [4.78, 5) is 0. The molecule has 0 spiro atoms. The van der Waals surface area contributed by atoms with Gasteiger partial charge < -0.3 is 9.73 Å². The topological polar surface area (TPSA) is 62.6 Å². The molecule has 0 amide bonds. The summed E-state index contributed by atoms with van der Waals surface area (Å²) in [7, 11) is -1.56. The van der Waals surface area contributed by atoms with E-state index in [1.54, 1.807) is 13.3 Å². The molecule has 0 bridgehead atoms. The van der Waals surface area contributed by atoms with Crippen LogP contribution in [0.2, 0.25) is 0 Å². The zero-order valence-electron chi connectivity index (χ0n) is 11.6. The summed E-state index contributed by atoms with van der Waals surface area (Å²) in [5, 5.41) is 3.25. The van der Waals surface area contributed by atoms with E-state index in [0.717, 1.165) is 37.3 Å². The zero-order valence-corrected chi connectivity index (χ0v) is 12.4. The van der Waals surface area contributed by atoms with E-state index in [1.165, 1.54) is 4.31 Å². The molecule has 1 aliphatic rings. The zero-order chi connectivity index (χ0) is 13.9. The number of aryl methyl sites for hydroxylation is 1. The van der Waals surface area contributed by atoms with Crippen LogP contribution in [0.3, 0.4) is 0 Å². The molecule has 0 aromatic carbocycles. The Kier molecular flexibility index (Phi) is 4.65. The summed E-state index contributed by atoms with van der Waals surface area (Å²) in [6.45, 7) is 4.03. The Balaban J connectivity index is 1.96. The first-order valence-electron chi connectivity index (χ1n) is 6.67. The molecule has 1 atom stereocenters. The predicted molar refractivity (Wildman–Crippen MR) is 74.3 cm³/mol. The van der Waals surface area contributed by atoms with Gasteiger partial charge in [-0.1, -0.05) is 0 Å². The minimum atomic E-state index is -3.20. The van der Waals surface area contributed by atoms with Crippen LogP contribution in [-0.2, 0) is 16.6 Å². The third-order valence-electron chi connectivity index (χ3n) is 3.68. The molecule has 19 heavy (non-hydrogen) atoms. The molecule has 0 saturated carbocycles. The first-order chi connectivity index (χ1) is 8.99. The summed E-state index contributed by atoms with van der Waals surface area (Å²) >= 11 is 0. The highest BCUT2D eigenvalue weighted by Gasteiger charge is 2.25. The first kappa shape index (κ1) is 14.6. The van der Waals surface area contributed by atoms with Gasteiger partial charge in [0.2, 0.25) is 10.0 Å². The van der Waals surface area contributed by atoms with Gasteiger partial charge in [0, 0.05) is 19.2 Å². The van der Waals surface area contributed by atoms with Crippen molar-refractivity contribution in [3.8, 4) is 0 Å². The van der Waals surface area contributed by atoms with Crippen molar-refractivity contribution >= 4 is 10.0 Å². The fourth-order valence-electron chi connectivity index (χ4n) is 2.40. The predicted octanol–water partition coefficient (Wildman–Crippen LogP) is 1.35. The van der Waals surface area contributed by atoms with Crippen LogP contribution in [-0.4, -0.2) is 38.6 Å². The minimum Gasteiger partial charge on any atom is -0.469 e. The van der Waals surface area contributed by atoms with Gasteiger partial charge in [0.1, 0.15) is 5.76 Å². The highest BCUT2D eigenvalue weighted by Crippen LogP contribution is 2.17. The summed E-state index contributed by atoms with van der Waals surface area (Å²) in [5.74, 6) is 1.24. The second-order valence-electron chi connectivity index (χ2n) is 5.25. The number of rotatable bonds is 5. The second-order valence-corrected chi connectivity index (χ2v) is 7.37. The Hall–Kier alpha value is -0.850. The van der Waals surface area contributed by atoms with Crippen LogP contribution >= 0.6 is 0 Å². The van der Waals surface area contributed by atoms with Crippen LogP contribution < -0.4 is 5.32 Å². The number of hydrogen-bond donors (Lipinski definition) is 1. The van der Waals surface area contributed by atoms with Crippen molar-refractivity contribution in [2.24, 2.45) is 5.92 Å². The lowest BCUT2D eigenvalue weighted by Crippen LogP contribution is -2.38. The van der Waals surface area contributed by atoms with Gasteiger partial charge in [-0.2, -0.15) is 0 Å². The van der Waals surface area contributed by atoms with E-state index >= 15 is 0 Å². The Bertz CT molecular complexity index is 504. The fourth-order valence-corrected chi connectivity index (χ4v) is 3.88. The molecule has 1 aromatic rings. The van der Waals surface area contributed by atoms with Crippen molar-refractivity contribution in [3.63, 3.8) is 0 Å². The van der Waals surface area contributed by atoms with Crippen molar-refractivity contribution in [2.75, 3.05) is 25.9 Å². The van der Waals surface area contributed by atoms with Crippen molar-refractivity contribution in [1.29, 1.82) is 0 Å². The molecule has 0 radical (unpaired) electrons. The Morgan fingerprint density at radius 2 is 2.32 bits per heavy atom. The molecule has 1 aliphatic heterocycles. The van der Waals surface area contributed by atoms with Gasteiger partial charge in [-0.05, 0) is 44.8 Å². The molecular formula is C13H22N2O3S. The molecular weight excluding hydrogens is 264 g/mol. The van der Waals surface area contributed by atoms with E-state index in [0.29, 0.717) is 6.54 Å². The Morgan fingerprint density at radius 1 is 1.53 bits per heavy atom. The lowest BCUT2D eigenvalue weighted by atomic mass is 10.0. The normalized spacial score (nSPS) is 20.9. The maximum atomic E-state index is 12.3. The number of sulfonamides is 1. The third-order valence-corrected chi connectivity index (χ3v) is 5.65. The molecule has 1 N–H and O–H groups in total. The number of furan rings is 1. The van der Waals surface area contributed by atoms with Gasteiger partial charge in [0.15, 0.2) is 0 Å². The number of nitrogens with zero attached hydrogens (tertiary/aromatic N) is 1. The van der Waals surface area contributed by atoms with Crippen LogP contribution in [0, 0.1) is 12.8 Å². The van der Waals surface area contributed by atoms with Gasteiger partial charge in [0.05, 0.1) is 12.0 Å². The van der Waals surface area contributed by atoms with Gasteiger partial charge in [-0.3, -0.25) is 0 Å². The SMILES string of the molecule is Cc1occc1CN(C)S(=O)(=O)CC1CCCNC1. The number of hydrogen-bond acceptors (Lipinski definition) is 4. The Morgan fingerprint density at radius 3 is 2.89 bits per heavy atom. The summed E-state index contributed by atoms with van der Waals surface area (Å²) < 4.78 is 31.2. The van der Waals surface area contributed by atoms with Crippen LogP contribution in [0.15, 0.2) is 16.7 Å². The lowest BCUT2D eigenvalue weighted by molar-refractivity contribution is 0.390.